The zero-order chi connectivity index (χ0) is 8.10. The predicted octanol–water partition coefficient (Wildman–Crippen LogP) is 2.85. The summed E-state index contributed by atoms with van der Waals surface area (Å²) in [5, 5.41) is 0. The molecule has 0 aliphatic heterocycles. The molecule has 0 aliphatic carbocycles. The Morgan fingerprint density at radius 1 is 1.55 bits per heavy atom. The van der Waals surface area contributed by atoms with Gasteiger partial charge in [-0.15, -0.1) is 11.6 Å². The molecule has 0 aromatic carbocycles. The van der Waals surface area contributed by atoms with Crippen LogP contribution < -0.4 is 0 Å². The van der Waals surface area contributed by atoms with Gasteiger partial charge in [0.1, 0.15) is 0 Å². The Kier molecular flexibility index (Phi) is 3.12. The second-order valence-corrected chi connectivity index (χ2v) is 2.49. The van der Waals surface area contributed by atoms with Crippen molar-refractivity contribution in [3.05, 3.63) is 35.7 Å². The molecule has 11 heavy (non-hydrogen) atoms. The van der Waals surface area contributed by atoms with Gasteiger partial charge in [-0.2, -0.15) is 0 Å². The molecule has 1 aromatic rings. The standard InChI is InChI=1S/C9H10ClN/c1-2-3-9-5-4-8(6-10)7-11-9/h2-5,7H,6H2,1H3. The fourth-order valence-corrected chi connectivity index (χ4v) is 0.942. The van der Waals surface area contributed by atoms with Crippen LogP contribution in [0.25, 0.3) is 6.08 Å². The minimum Gasteiger partial charge on any atom is -0.257 e. The SMILES string of the molecule is CC=Cc1ccc(CCl)cn1. The van der Waals surface area contributed by atoms with Crippen molar-refractivity contribution in [3.8, 4) is 0 Å². The summed E-state index contributed by atoms with van der Waals surface area (Å²) in [7, 11) is 0. The van der Waals surface area contributed by atoms with Gasteiger partial charge in [-0.05, 0) is 24.6 Å². The number of hydrogen-bond acceptors (Lipinski definition) is 1. The topological polar surface area (TPSA) is 12.9 Å². The highest BCUT2D eigenvalue weighted by atomic mass is 35.5. The van der Waals surface area contributed by atoms with Crippen LogP contribution in [-0.4, -0.2) is 4.98 Å². The van der Waals surface area contributed by atoms with E-state index in [1.807, 2.05) is 31.2 Å². The lowest BCUT2D eigenvalue weighted by atomic mass is 10.2. The summed E-state index contributed by atoms with van der Waals surface area (Å²) < 4.78 is 0. The Labute approximate surface area is 71.7 Å². The molecule has 1 heterocycles. The first-order valence-electron chi connectivity index (χ1n) is 3.50. The van der Waals surface area contributed by atoms with Crippen LogP contribution in [0.4, 0.5) is 0 Å². The Morgan fingerprint density at radius 3 is 2.82 bits per heavy atom. The van der Waals surface area contributed by atoms with Crippen LogP contribution in [0.2, 0.25) is 0 Å². The third-order valence-electron chi connectivity index (χ3n) is 1.34. The molecule has 0 fully saturated rings. The third kappa shape index (κ3) is 2.35. The smallest absolute Gasteiger partial charge is 0.0626 e. The van der Waals surface area contributed by atoms with Crippen LogP contribution in [0.5, 0.6) is 0 Å². The molecule has 0 unspecified atom stereocenters. The summed E-state index contributed by atoms with van der Waals surface area (Å²) in [5.41, 5.74) is 2.03. The van der Waals surface area contributed by atoms with Crippen LogP contribution in [0, 0.1) is 0 Å². The zero-order valence-corrected chi connectivity index (χ0v) is 7.17. The van der Waals surface area contributed by atoms with Gasteiger partial charge in [0.05, 0.1) is 5.69 Å². The Balaban J connectivity index is 2.82. The van der Waals surface area contributed by atoms with Crippen molar-refractivity contribution >= 4 is 17.7 Å². The van der Waals surface area contributed by atoms with E-state index in [2.05, 4.69) is 4.98 Å². The van der Waals surface area contributed by atoms with E-state index >= 15 is 0 Å². The van der Waals surface area contributed by atoms with Crippen molar-refractivity contribution in [1.82, 2.24) is 4.98 Å². The van der Waals surface area contributed by atoms with Gasteiger partial charge in [-0.3, -0.25) is 4.98 Å². The lowest BCUT2D eigenvalue weighted by Gasteiger charge is -1.94. The molecule has 58 valence electrons. The van der Waals surface area contributed by atoms with E-state index in [9.17, 15) is 0 Å². The van der Waals surface area contributed by atoms with Crippen LogP contribution >= 0.6 is 11.6 Å². The Bertz CT molecular complexity index is 238. The number of halogens is 1. The molecule has 1 aromatic heterocycles. The second-order valence-electron chi connectivity index (χ2n) is 2.22. The number of nitrogens with zero attached hydrogens (tertiary/aromatic N) is 1. The summed E-state index contributed by atoms with van der Waals surface area (Å²) >= 11 is 5.60. The quantitative estimate of drug-likeness (QED) is 0.618. The first-order chi connectivity index (χ1) is 5.36. The first kappa shape index (κ1) is 8.28. The van der Waals surface area contributed by atoms with Crippen molar-refractivity contribution in [2.45, 2.75) is 12.8 Å². The van der Waals surface area contributed by atoms with Gasteiger partial charge in [0.15, 0.2) is 0 Å². The van der Waals surface area contributed by atoms with Crippen LogP contribution in [0.3, 0.4) is 0 Å². The fraction of sp³-hybridized carbons (Fsp3) is 0.222. The maximum Gasteiger partial charge on any atom is 0.0626 e. The lowest BCUT2D eigenvalue weighted by molar-refractivity contribution is 1.22. The average Bonchev–Trinajstić information content (AvgIpc) is 2.07. The molecule has 0 amide bonds. The molecule has 1 rings (SSSR count). The molecule has 0 saturated carbocycles. The number of alkyl halides is 1. The molecule has 0 radical (unpaired) electrons. The zero-order valence-electron chi connectivity index (χ0n) is 6.42. The van der Waals surface area contributed by atoms with E-state index in [4.69, 9.17) is 11.6 Å². The maximum absolute atomic E-state index is 5.60. The normalized spacial score (nSPS) is 10.7. The lowest BCUT2D eigenvalue weighted by Crippen LogP contribution is -1.82. The Morgan fingerprint density at radius 2 is 2.36 bits per heavy atom. The number of rotatable bonds is 2. The molecular weight excluding hydrogens is 158 g/mol. The molecule has 0 aliphatic rings. The van der Waals surface area contributed by atoms with Gasteiger partial charge in [0, 0.05) is 12.1 Å². The highest BCUT2D eigenvalue weighted by molar-refractivity contribution is 6.17. The Hall–Kier alpha value is -0.820. The highest BCUT2D eigenvalue weighted by Gasteiger charge is 1.89. The molecule has 0 atom stereocenters. The summed E-state index contributed by atoms with van der Waals surface area (Å²) in [4.78, 5) is 4.17. The van der Waals surface area contributed by atoms with E-state index in [1.54, 1.807) is 6.20 Å². The number of hydrogen-bond donors (Lipinski definition) is 0. The largest absolute Gasteiger partial charge is 0.257 e. The van der Waals surface area contributed by atoms with E-state index in [0.29, 0.717) is 5.88 Å². The average molecular weight is 168 g/mol. The van der Waals surface area contributed by atoms with Crippen molar-refractivity contribution in [2.75, 3.05) is 0 Å². The van der Waals surface area contributed by atoms with Gasteiger partial charge in [0.25, 0.3) is 0 Å². The summed E-state index contributed by atoms with van der Waals surface area (Å²) in [6.45, 7) is 1.97. The molecule has 0 saturated heterocycles. The van der Waals surface area contributed by atoms with Gasteiger partial charge in [-0.25, -0.2) is 0 Å². The van der Waals surface area contributed by atoms with Crippen LogP contribution in [0.15, 0.2) is 24.4 Å². The summed E-state index contributed by atoms with van der Waals surface area (Å²) in [5.74, 6) is 0.531. The van der Waals surface area contributed by atoms with Gasteiger partial charge in [0.2, 0.25) is 0 Å². The van der Waals surface area contributed by atoms with Crippen LogP contribution in [-0.2, 0) is 5.88 Å². The number of aromatic nitrogens is 1. The van der Waals surface area contributed by atoms with E-state index in [0.717, 1.165) is 11.3 Å². The summed E-state index contributed by atoms with van der Waals surface area (Å²) in [6, 6.07) is 3.94. The highest BCUT2D eigenvalue weighted by Crippen LogP contribution is 2.04. The summed E-state index contributed by atoms with van der Waals surface area (Å²) in [6.07, 6.45) is 5.71. The molecule has 2 heteroatoms. The van der Waals surface area contributed by atoms with Crippen LogP contribution in [0.1, 0.15) is 18.2 Å². The third-order valence-corrected chi connectivity index (χ3v) is 1.65. The van der Waals surface area contributed by atoms with E-state index < -0.39 is 0 Å². The molecule has 1 nitrogen and oxygen atoms in total. The van der Waals surface area contributed by atoms with Crippen molar-refractivity contribution in [2.24, 2.45) is 0 Å². The predicted molar refractivity (Wildman–Crippen MR) is 48.5 cm³/mol. The van der Waals surface area contributed by atoms with E-state index in [-0.39, 0.29) is 0 Å². The van der Waals surface area contributed by atoms with E-state index in [1.165, 1.54) is 0 Å². The van der Waals surface area contributed by atoms with Gasteiger partial charge < -0.3 is 0 Å². The fourth-order valence-electron chi connectivity index (χ4n) is 0.784. The number of pyridine rings is 1. The van der Waals surface area contributed by atoms with Crippen molar-refractivity contribution in [3.63, 3.8) is 0 Å². The monoisotopic (exact) mass is 167 g/mol. The minimum absolute atomic E-state index is 0.531. The molecule has 0 bridgehead atoms. The molecule has 0 N–H and O–H groups in total. The van der Waals surface area contributed by atoms with Crippen molar-refractivity contribution in [1.29, 1.82) is 0 Å². The van der Waals surface area contributed by atoms with Crippen molar-refractivity contribution < 1.29 is 0 Å². The van der Waals surface area contributed by atoms with Gasteiger partial charge in [-0.1, -0.05) is 12.1 Å². The first-order valence-corrected chi connectivity index (χ1v) is 4.04. The minimum atomic E-state index is 0.531. The second kappa shape index (κ2) is 4.14. The maximum atomic E-state index is 5.60. The molecule has 0 spiro atoms. The van der Waals surface area contributed by atoms with Gasteiger partial charge >= 0.3 is 0 Å². The molecular formula is C9H10ClN. The number of allylic oxidation sites excluding steroid dienone is 1.